The Bertz CT molecular complexity index is 776. The summed E-state index contributed by atoms with van der Waals surface area (Å²) in [4.78, 5) is 25.0. The van der Waals surface area contributed by atoms with E-state index in [1.54, 1.807) is 24.1 Å². The first-order valence-electron chi connectivity index (χ1n) is 8.05. The third-order valence-electron chi connectivity index (χ3n) is 4.36. The fraction of sp³-hybridized carbons (Fsp3) is 0.278. The molecule has 0 radical (unpaired) electrons. The molecule has 1 heterocycles. The molecule has 0 bridgehead atoms. The summed E-state index contributed by atoms with van der Waals surface area (Å²) in [5.74, 6) is 0.762. The van der Waals surface area contributed by atoms with Crippen LogP contribution >= 0.6 is 0 Å². The van der Waals surface area contributed by atoms with E-state index in [0.717, 1.165) is 24.2 Å². The third-order valence-corrected chi connectivity index (χ3v) is 4.36. The van der Waals surface area contributed by atoms with E-state index in [4.69, 9.17) is 4.74 Å². The van der Waals surface area contributed by atoms with Crippen molar-refractivity contribution in [2.45, 2.75) is 18.9 Å². The van der Waals surface area contributed by atoms with Crippen LogP contribution in [0.4, 0.5) is 16.2 Å². The number of likely N-dealkylation sites (tertiary alicyclic amines) is 1. The largest absolute Gasteiger partial charge is 0.497 e. The van der Waals surface area contributed by atoms with Crippen molar-refractivity contribution in [2.24, 2.45) is 0 Å². The normalized spacial score (nSPS) is 16.5. The number of nitrogens with zero attached hydrogens (tertiary/aromatic N) is 2. The quantitative estimate of drug-likeness (QED) is 0.673. The number of benzene rings is 2. The molecule has 0 aliphatic carbocycles. The molecular weight excluding hydrogens is 322 g/mol. The Morgan fingerprint density at radius 1 is 1.24 bits per heavy atom. The second kappa shape index (κ2) is 7.21. The van der Waals surface area contributed by atoms with Gasteiger partial charge in [0.15, 0.2) is 0 Å². The van der Waals surface area contributed by atoms with E-state index >= 15 is 0 Å². The zero-order valence-corrected chi connectivity index (χ0v) is 13.8. The van der Waals surface area contributed by atoms with Gasteiger partial charge in [-0.05, 0) is 36.6 Å². The number of urea groups is 1. The Morgan fingerprint density at radius 2 is 1.96 bits per heavy atom. The van der Waals surface area contributed by atoms with Crippen LogP contribution in [0.1, 0.15) is 24.4 Å². The van der Waals surface area contributed by atoms with Gasteiger partial charge in [0.05, 0.1) is 18.1 Å². The van der Waals surface area contributed by atoms with E-state index in [1.165, 1.54) is 12.1 Å². The lowest BCUT2D eigenvalue weighted by atomic mass is 10.0. The average Bonchev–Trinajstić information content (AvgIpc) is 3.12. The molecule has 2 amide bonds. The minimum Gasteiger partial charge on any atom is -0.497 e. The smallest absolute Gasteiger partial charge is 0.322 e. The molecular formula is C18H19N3O4. The van der Waals surface area contributed by atoms with Gasteiger partial charge in [0.25, 0.3) is 5.69 Å². The number of rotatable bonds is 4. The number of amides is 2. The van der Waals surface area contributed by atoms with Crippen molar-refractivity contribution >= 4 is 17.4 Å². The summed E-state index contributed by atoms with van der Waals surface area (Å²) in [6, 6.07) is 13.4. The first kappa shape index (κ1) is 16.8. The van der Waals surface area contributed by atoms with Crippen molar-refractivity contribution < 1.29 is 14.5 Å². The lowest BCUT2D eigenvalue weighted by Crippen LogP contribution is -2.34. The molecule has 1 atom stereocenters. The van der Waals surface area contributed by atoms with Crippen molar-refractivity contribution in [3.63, 3.8) is 0 Å². The summed E-state index contributed by atoms with van der Waals surface area (Å²) in [7, 11) is 1.61. The molecule has 1 saturated heterocycles. The van der Waals surface area contributed by atoms with Crippen LogP contribution in [0, 0.1) is 10.1 Å². The van der Waals surface area contributed by atoms with Crippen molar-refractivity contribution in [3.8, 4) is 5.75 Å². The monoisotopic (exact) mass is 341 g/mol. The van der Waals surface area contributed by atoms with Gasteiger partial charge in [0.2, 0.25) is 0 Å². The molecule has 1 aliphatic rings. The van der Waals surface area contributed by atoms with Gasteiger partial charge in [-0.15, -0.1) is 0 Å². The molecule has 1 N–H and O–H groups in total. The number of hydrogen-bond donors (Lipinski definition) is 1. The minimum atomic E-state index is -0.499. The zero-order valence-electron chi connectivity index (χ0n) is 13.8. The van der Waals surface area contributed by atoms with Crippen LogP contribution in [0.15, 0.2) is 48.5 Å². The Morgan fingerprint density at radius 3 is 2.64 bits per heavy atom. The molecule has 130 valence electrons. The second-order valence-electron chi connectivity index (χ2n) is 5.83. The summed E-state index contributed by atoms with van der Waals surface area (Å²) >= 11 is 0. The summed E-state index contributed by atoms with van der Waals surface area (Å²) in [6.45, 7) is 0.614. The maximum atomic E-state index is 12.7. The Labute approximate surface area is 145 Å². The average molecular weight is 341 g/mol. The van der Waals surface area contributed by atoms with Crippen molar-refractivity contribution in [2.75, 3.05) is 19.0 Å². The third kappa shape index (κ3) is 3.55. The van der Waals surface area contributed by atoms with E-state index in [1.807, 2.05) is 24.3 Å². The van der Waals surface area contributed by atoms with Gasteiger partial charge in [-0.1, -0.05) is 24.3 Å². The lowest BCUT2D eigenvalue weighted by Gasteiger charge is -2.25. The number of nitro benzene ring substituents is 1. The van der Waals surface area contributed by atoms with Crippen LogP contribution in [0.5, 0.6) is 5.75 Å². The molecule has 0 unspecified atom stereocenters. The van der Waals surface area contributed by atoms with Crippen LogP contribution < -0.4 is 10.1 Å². The fourth-order valence-electron chi connectivity index (χ4n) is 3.11. The van der Waals surface area contributed by atoms with Gasteiger partial charge in [-0.25, -0.2) is 4.79 Å². The number of nitrogens with one attached hydrogen (secondary N) is 1. The van der Waals surface area contributed by atoms with Crippen LogP contribution in [-0.4, -0.2) is 29.5 Å². The number of methoxy groups -OCH3 is 1. The van der Waals surface area contributed by atoms with Gasteiger partial charge >= 0.3 is 6.03 Å². The summed E-state index contributed by atoms with van der Waals surface area (Å²) < 4.78 is 5.16. The Hall–Kier alpha value is -3.09. The first-order chi connectivity index (χ1) is 12.1. The second-order valence-corrected chi connectivity index (χ2v) is 5.83. The van der Waals surface area contributed by atoms with Gasteiger partial charge in [-0.2, -0.15) is 0 Å². The maximum Gasteiger partial charge on any atom is 0.322 e. The van der Waals surface area contributed by atoms with Crippen LogP contribution in [0.2, 0.25) is 0 Å². The lowest BCUT2D eigenvalue weighted by molar-refractivity contribution is -0.383. The van der Waals surface area contributed by atoms with E-state index < -0.39 is 4.92 Å². The topological polar surface area (TPSA) is 84.7 Å². The van der Waals surface area contributed by atoms with E-state index in [0.29, 0.717) is 6.54 Å². The van der Waals surface area contributed by atoms with E-state index in [9.17, 15) is 14.9 Å². The highest BCUT2D eigenvalue weighted by Gasteiger charge is 2.31. The number of ether oxygens (including phenoxy) is 1. The van der Waals surface area contributed by atoms with Gasteiger partial charge in [0, 0.05) is 12.6 Å². The molecule has 1 aliphatic heterocycles. The highest BCUT2D eigenvalue weighted by molar-refractivity contribution is 5.92. The standard InChI is InChI=1S/C18H19N3O4/c1-25-14-10-8-13(9-11-14)16-7-4-12-20(16)18(22)19-15-5-2-3-6-17(15)21(23)24/h2-3,5-6,8-11,16H,4,7,12H2,1H3,(H,19,22)/t16-/m1/s1. The number of hydrogen-bond acceptors (Lipinski definition) is 4. The zero-order chi connectivity index (χ0) is 17.8. The van der Waals surface area contributed by atoms with Crippen LogP contribution in [0.3, 0.4) is 0 Å². The molecule has 25 heavy (non-hydrogen) atoms. The molecule has 7 heteroatoms. The summed E-state index contributed by atoms with van der Waals surface area (Å²) in [6.07, 6.45) is 1.75. The highest BCUT2D eigenvalue weighted by Crippen LogP contribution is 2.34. The summed E-state index contributed by atoms with van der Waals surface area (Å²) in [5.41, 5.74) is 1.12. The predicted octanol–water partition coefficient (Wildman–Crippen LogP) is 3.97. The molecule has 2 aromatic carbocycles. The van der Waals surface area contributed by atoms with Crippen molar-refractivity contribution in [3.05, 3.63) is 64.2 Å². The summed E-state index contributed by atoms with van der Waals surface area (Å²) in [5, 5.41) is 13.8. The SMILES string of the molecule is COc1ccc([C@H]2CCCN2C(=O)Nc2ccccc2[N+](=O)[O-])cc1. The number of para-hydroxylation sites is 2. The van der Waals surface area contributed by atoms with E-state index in [2.05, 4.69) is 5.32 Å². The number of anilines is 1. The van der Waals surface area contributed by atoms with E-state index in [-0.39, 0.29) is 23.4 Å². The van der Waals surface area contributed by atoms with Crippen LogP contribution in [-0.2, 0) is 0 Å². The van der Waals surface area contributed by atoms with Crippen molar-refractivity contribution in [1.29, 1.82) is 0 Å². The first-order valence-corrected chi connectivity index (χ1v) is 8.05. The van der Waals surface area contributed by atoms with Gasteiger partial charge in [0.1, 0.15) is 11.4 Å². The van der Waals surface area contributed by atoms with Gasteiger partial charge < -0.3 is 15.0 Å². The molecule has 2 aromatic rings. The molecule has 0 spiro atoms. The molecule has 0 aromatic heterocycles. The van der Waals surface area contributed by atoms with Crippen molar-refractivity contribution in [1.82, 2.24) is 4.90 Å². The maximum absolute atomic E-state index is 12.7. The Kier molecular flexibility index (Phi) is 4.83. The number of nitro groups is 1. The predicted molar refractivity (Wildman–Crippen MR) is 93.8 cm³/mol. The number of carbonyl (C=O) groups excluding carboxylic acids is 1. The molecule has 0 saturated carbocycles. The van der Waals surface area contributed by atoms with Gasteiger partial charge in [-0.3, -0.25) is 10.1 Å². The molecule has 3 rings (SSSR count). The number of carbonyl (C=O) groups is 1. The molecule has 1 fully saturated rings. The Balaban J connectivity index is 1.78. The highest BCUT2D eigenvalue weighted by atomic mass is 16.6. The minimum absolute atomic E-state index is 0.0475. The molecule has 7 nitrogen and oxygen atoms in total. The fourth-order valence-corrected chi connectivity index (χ4v) is 3.11. The van der Waals surface area contributed by atoms with Crippen LogP contribution in [0.25, 0.3) is 0 Å².